The largest absolute Gasteiger partial charge is 0.381 e. The zero-order valence-corrected chi connectivity index (χ0v) is 20.1. The van der Waals surface area contributed by atoms with Gasteiger partial charge in [0.1, 0.15) is 17.1 Å². The quantitative estimate of drug-likeness (QED) is 0.433. The zero-order chi connectivity index (χ0) is 24.5. The number of nitrogens with one attached hydrogen (secondary N) is 1. The maximum Gasteiger partial charge on any atom is 0.256 e. The van der Waals surface area contributed by atoms with Gasteiger partial charge in [-0.2, -0.15) is 15.4 Å². The predicted octanol–water partition coefficient (Wildman–Crippen LogP) is 5.12. The van der Waals surface area contributed by atoms with Gasteiger partial charge in [0.2, 0.25) is 0 Å². The van der Waals surface area contributed by atoms with Gasteiger partial charge < -0.3 is 4.74 Å². The fraction of sp³-hybridized carbons (Fsp3) is 0.241. The number of hydrogen-bond donors (Lipinski definition) is 1. The summed E-state index contributed by atoms with van der Waals surface area (Å²) in [5.74, 6) is 0.881. The van der Waals surface area contributed by atoms with E-state index >= 15 is 0 Å². The van der Waals surface area contributed by atoms with Crippen molar-refractivity contribution in [2.24, 2.45) is 4.99 Å². The summed E-state index contributed by atoms with van der Waals surface area (Å²) in [6, 6.07) is 25.2. The first-order chi connectivity index (χ1) is 17.6. The molecule has 6 rings (SSSR count). The minimum atomic E-state index is -0.632. The smallest absolute Gasteiger partial charge is 0.256 e. The Morgan fingerprint density at radius 2 is 1.67 bits per heavy atom. The third kappa shape index (κ3) is 4.01. The van der Waals surface area contributed by atoms with Gasteiger partial charge >= 0.3 is 0 Å². The van der Waals surface area contributed by atoms with E-state index in [-0.39, 0.29) is 5.91 Å². The molecule has 36 heavy (non-hydrogen) atoms. The number of hydrogen-bond acceptors (Lipinski definition) is 5. The maximum atomic E-state index is 13.3. The fourth-order valence-corrected chi connectivity index (χ4v) is 5.16. The van der Waals surface area contributed by atoms with Crippen LogP contribution in [0, 0.1) is 0 Å². The van der Waals surface area contributed by atoms with Crippen LogP contribution in [0.15, 0.2) is 84.0 Å². The summed E-state index contributed by atoms with van der Waals surface area (Å²) in [5.41, 5.74) is 6.69. The molecule has 0 saturated carbocycles. The van der Waals surface area contributed by atoms with Crippen LogP contribution in [-0.2, 0) is 16.1 Å². The van der Waals surface area contributed by atoms with E-state index in [1.165, 1.54) is 0 Å². The van der Waals surface area contributed by atoms with Crippen LogP contribution in [-0.4, -0.2) is 50.8 Å². The van der Waals surface area contributed by atoms with Crippen molar-refractivity contribution in [2.45, 2.75) is 31.8 Å². The van der Waals surface area contributed by atoms with E-state index < -0.39 is 5.54 Å². The number of aromatic amines is 1. The third-order valence-electron chi connectivity index (χ3n) is 7.15. The second-order valence-electron chi connectivity index (χ2n) is 9.37. The molecule has 0 aliphatic carbocycles. The van der Waals surface area contributed by atoms with Crippen molar-refractivity contribution in [3.8, 4) is 33.5 Å². The molecule has 7 heteroatoms. The number of amides is 1. The molecule has 0 bridgehead atoms. The van der Waals surface area contributed by atoms with Crippen molar-refractivity contribution in [3.05, 3.63) is 84.6 Å². The molecule has 2 aliphatic heterocycles. The highest BCUT2D eigenvalue weighted by Crippen LogP contribution is 2.36. The summed E-state index contributed by atoms with van der Waals surface area (Å²) in [6.45, 7) is 3.61. The summed E-state index contributed by atoms with van der Waals surface area (Å²) in [6.07, 6.45) is 3.05. The number of amidine groups is 1. The minimum absolute atomic E-state index is 0.0938. The van der Waals surface area contributed by atoms with Crippen molar-refractivity contribution in [3.63, 3.8) is 0 Å². The molecule has 1 saturated heterocycles. The maximum absolute atomic E-state index is 13.3. The van der Waals surface area contributed by atoms with E-state index in [1.807, 2.05) is 30.0 Å². The van der Waals surface area contributed by atoms with E-state index in [2.05, 4.69) is 70.0 Å². The molecule has 1 spiro atoms. The van der Waals surface area contributed by atoms with Crippen LogP contribution in [0.2, 0.25) is 0 Å². The molecule has 2 aliphatic rings. The summed E-state index contributed by atoms with van der Waals surface area (Å²) in [4.78, 5) is 19.9. The van der Waals surface area contributed by atoms with E-state index in [9.17, 15) is 4.79 Å². The summed E-state index contributed by atoms with van der Waals surface area (Å²) in [5, 5.41) is 11.0. The molecule has 0 radical (unpaired) electrons. The van der Waals surface area contributed by atoms with E-state index in [4.69, 9.17) is 9.73 Å². The number of aromatic nitrogens is 3. The lowest BCUT2D eigenvalue weighted by Gasteiger charge is -2.29. The Bertz CT molecular complexity index is 1410. The van der Waals surface area contributed by atoms with Crippen molar-refractivity contribution in [2.75, 3.05) is 13.2 Å². The van der Waals surface area contributed by atoms with Gasteiger partial charge in [-0.15, -0.1) is 0 Å². The molecule has 3 aromatic carbocycles. The number of carbonyl (C=O) groups is 1. The van der Waals surface area contributed by atoms with E-state index in [1.54, 1.807) is 6.20 Å². The number of nitrogens with zero attached hydrogens (tertiary/aromatic N) is 4. The number of aliphatic imine (C=N–C) groups is 1. The number of benzene rings is 3. The van der Waals surface area contributed by atoms with Gasteiger partial charge in [-0.05, 0) is 40.8 Å². The Labute approximate surface area is 209 Å². The predicted molar refractivity (Wildman–Crippen MR) is 139 cm³/mol. The Morgan fingerprint density at radius 3 is 2.39 bits per heavy atom. The van der Waals surface area contributed by atoms with Gasteiger partial charge in [0.05, 0.1) is 12.7 Å². The van der Waals surface area contributed by atoms with Crippen LogP contribution in [0.4, 0.5) is 0 Å². The lowest BCUT2D eigenvalue weighted by Crippen LogP contribution is -2.45. The van der Waals surface area contributed by atoms with Crippen LogP contribution in [0.1, 0.15) is 25.3 Å². The van der Waals surface area contributed by atoms with Crippen LogP contribution < -0.4 is 0 Å². The number of carbonyl (C=O) groups excluding carboxylic acids is 1. The van der Waals surface area contributed by atoms with Gasteiger partial charge in [0.15, 0.2) is 0 Å². The van der Waals surface area contributed by atoms with Crippen LogP contribution >= 0.6 is 0 Å². The summed E-state index contributed by atoms with van der Waals surface area (Å²) in [7, 11) is 0. The average Bonchev–Trinajstić information content (AvgIpc) is 3.54. The first-order valence-electron chi connectivity index (χ1n) is 12.2. The monoisotopic (exact) mass is 477 g/mol. The molecule has 1 fully saturated rings. The second-order valence-corrected chi connectivity index (χ2v) is 9.37. The molecule has 180 valence electrons. The lowest BCUT2D eigenvalue weighted by atomic mass is 9.90. The number of ether oxygens (including phenoxy) is 1. The Balaban J connectivity index is 1.30. The lowest BCUT2D eigenvalue weighted by molar-refractivity contribution is -0.134. The highest BCUT2D eigenvalue weighted by Gasteiger charge is 2.47. The topological polar surface area (TPSA) is 83.5 Å². The molecule has 1 N–H and O–H groups in total. The molecule has 4 aromatic rings. The van der Waals surface area contributed by atoms with Crippen molar-refractivity contribution in [1.82, 2.24) is 20.3 Å². The molecule has 0 unspecified atom stereocenters. The normalized spacial score (nSPS) is 17.0. The number of H-pyrrole nitrogens is 1. The highest BCUT2D eigenvalue weighted by molar-refractivity contribution is 6.07. The fourth-order valence-electron chi connectivity index (χ4n) is 5.16. The van der Waals surface area contributed by atoms with Gasteiger partial charge in [-0.25, -0.2) is 0 Å². The van der Waals surface area contributed by atoms with Crippen molar-refractivity contribution in [1.29, 1.82) is 0 Å². The SMILES string of the molecule is CC1=NC2(CCOCC2)C(=O)N1Cc1ccc(-c2cc(-c3ccccc3)ccc2-c2cn[nH]n2)cc1. The van der Waals surface area contributed by atoms with Crippen LogP contribution in [0.3, 0.4) is 0 Å². The van der Waals surface area contributed by atoms with Crippen LogP contribution in [0.5, 0.6) is 0 Å². The molecular weight excluding hydrogens is 450 g/mol. The second kappa shape index (κ2) is 9.17. The third-order valence-corrected chi connectivity index (χ3v) is 7.15. The van der Waals surface area contributed by atoms with Gasteiger partial charge in [0.25, 0.3) is 5.91 Å². The minimum Gasteiger partial charge on any atom is -0.381 e. The Morgan fingerprint density at radius 1 is 0.917 bits per heavy atom. The highest BCUT2D eigenvalue weighted by atomic mass is 16.5. The molecule has 0 atom stereocenters. The first-order valence-corrected chi connectivity index (χ1v) is 12.2. The standard InChI is InChI=1S/C29H27N5O2/c1-20-31-29(13-15-36-16-14-29)28(35)34(20)19-21-7-9-23(10-8-21)26-17-24(22-5-3-2-4-6-22)11-12-25(26)27-18-30-33-32-27/h2-12,17-18H,13-16,19H2,1H3,(H,30,32,33). The van der Waals surface area contributed by atoms with Crippen molar-refractivity contribution < 1.29 is 9.53 Å². The number of rotatable bonds is 5. The molecule has 1 amide bonds. The Hall–Kier alpha value is -4.10. The average molecular weight is 478 g/mol. The molecular formula is C29H27N5O2. The molecule has 7 nitrogen and oxygen atoms in total. The molecule has 3 heterocycles. The van der Waals surface area contributed by atoms with Gasteiger partial charge in [-0.1, -0.05) is 66.7 Å². The van der Waals surface area contributed by atoms with Gasteiger partial charge in [-0.3, -0.25) is 14.7 Å². The van der Waals surface area contributed by atoms with Crippen LogP contribution in [0.25, 0.3) is 33.5 Å². The zero-order valence-electron chi connectivity index (χ0n) is 20.1. The first kappa shape index (κ1) is 22.4. The Kier molecular flexibility index (Phi) is 5.70. The molecule has 1 aromatic heterocycles. The van der Waals surface area contributed by atoms with Gasteiger partial charge in [0, 0.05) is 31.6 Å². The van der Waals surface area contributed by atoms with E-state index in [0.717, 1.165) is 44.9 Å². The summed E-state index contributed by atoms with van der Waals surface area (Å²) < 4.78 is 5.47. The summed E-state index contributed by atoms with van der Waals surface area (Å²) >= 11 is 0. The van der Waals surface area contributed by atoms with E-state index in [0.29, 0.717) is 32.6 Å². The van der Waals surface area contributed by atoms with Crippen molar-refractivity contribution >= 4 is 11.7 Å².